The molecule has 2 heterocycles. The fourth-order valence-corrected chi connectivity index (χ4v) is 8.69. The molecule has 2 heteroatoms. The molecule has 1 aliphatic carbocycles. The van der Waals surface area contributed by atoms with Crippen LogP contribution in [-0.2, 0) is 0 Å². The molecule has 0 atom stereocenters. The first-order chi connectivity index (χ1) is 20.9. The summed E-state index contributed by atoms with van der Waals surface area (Å²) >= 11 is 1.91. The highest BCUT2D eigenvalue weighted by atomic mass is 32.1. The van der Waals surface area contributed by atoms with Gasteiger partial charge in [0.05, 0.1) is 16.7 Å². The van der Waals surface area contributed by atoms with E-state index >= 15 is 0 Å². The third-order valence-electron chi connectivity index (χ3n) is 9.16. The Labute approximate surface area is 246 Å². The molecule has 1 nitrogen and oxygen atoms in total. The minimum atomic E-state index is 1.21. The van der Waals surface area contributed by atoms with Crippen molar-refractivity contribution in [1.82, 2.24) is 4.57 Å². The van der Waals surface area contributed by atoms with E-state index in [1.165, 1.54) is 91.8 Å². The first-order valence-electron chi connectivity index (χ1n) is 14.5. The van der Waals surface area contributed by atoms with Crippen molar-refractivity contribution < 1.29 is 0 Å². The minimum Gasteiger partial charge on any atom is -0.309 e. The summed E-state index contributed by atoms with van der Waals surface area (Å²) < 4.78 is 5.19. The van der Waals surface area contributed by atoms with Crippen LogP contribution in [0, 0.1) is 0 Å². The van der Waals surface area contributed by atoms with E-state index in [0.29, 0.717) is 0 Å². The van der Waals surface area contributed by atoms with Gasteiger partial charge >= 0.3 is 0 Å². The molecule has 0 radical (unpaired) electrons. The summed E-state index contributed by atoms with van der Waals surface area (Å²) in [6.45, 7) is 0. The number of para-hydroxylation sites is 2. The third-order valence-corrected chi connectivity index (χ3v) is 10.4. The summed E-state index contributed by atoms with van der Waals surface area (Å²) in [6.07, 6.45) is 0. The number of thiophene rings is 1. The summed E-state index contributed by atoms with van der Waals surface area (Å²) in [5, 5.41) is 7.99. The molecule has 0 N–H and O–H groups in total. The summed E-state index contributed by atoms with van der Waals surface area (Å²) in [4.78, 5) is 0. The maximum absolute atomic E-state index is 2.49. The molecular weight excluding hydrogens is 527 g/mol. The fourth-order valence-electron chi connectivity index (χ4n) is 7.43. The molecule has 0 aliphatic heterocycles. The van der Waals surface area contributed by atoms with Crippen LogP contribution in [0.4, 0.5) is 0 Å². The van der Waals surface area contributed by atoms with Gasteiger partial charge in [-0.1, -0.05) is 115 Å². The molecule has 0 bridgehead atoms. The smallest absolute Gasteiger partial charge is 0.0556 e. The van der Waals surface area contributed by atoms with Crippen LogP contribution in [-0.4, -0.2) is 4.57 Å². The Bertz CT molecular complexity index is 2550. The van der Waals surface area contributed by atoms with Crippen LogP contribution >= 0.6 is 11.3 Å². The molecule has 1 aliphatic rings. The van der Waals surface area contributed by atoms with Gasteiger partial charge in [0.2, 0.25) is 0 Å². The van der Waals surface area contributed by atoms with Crippen LogP contribution < -0.4 is 0 Å². The predicted octanol–water partition coefficient (Wildman–Crippen LogP) is 11.6. The summed E-state index contributed by atoms with van der Waals surface area (Å²) in [7, 11) is 0. The Morgan fingerprint density at radius 3 is 1.88 bits per heavy atom. The molecule has 0 saturated heterocycles. The lowest BCUT2D eigenvalue weighted by Gasteiger charge is -2.16. The molecular formula is C40H23NS. The number of nitrogens with zero attached hydrogens (tertiary/aromatic N) is 1. The van der Waals surface area contributed by atoms with E-state index in [4.69, 9.17) is 0 Å². The second-order valence-corrected chi connectivity index (χ2v) is 12.3. The number of rotatable bonds is 2. The molecule has 194 valence electrons. The van der Waals surface area contributed by atoms with Crippen molar-refractivity contribution in [1.29, 1.82) is 0 Å². The predicted molar refractivity (Wildman–Crippen MR) is 181 cm³/mol. The lowest BCUT2D eigenvalue weighted by Crippen LogP contribution is -1.97. The number of hydrogen-bond acceptors (Lipinski definition) is 1. The van der Waals surface area contributed by atoms with Crippen LogP contribution in [0.3, 0.4) is 0 Å². The van der Waals surface area contributed by atoms with E-state index in [1.807, 2.05) is 11.3 Å². The summed E-state index contributed by atoms with van der Waals surface area (Å²) in [6, 6.07) is 51.5. The maximum Gasteiger partial charge on any atom is 0.0556 e. The van der Waals surface area contributed by atoms with Crippen LogP contribution in [0.5, 0.6) is 0 Å². The largest absolute Gasteiger partial charge is 0.309 e. The van der Waals surface area contributed by atoms with Crippen LogP contribution in [0.15, 0.2) is 140 Å². The van der Waals surface area contributed by atoms with E-state index in [9.17, 15) is 0 Å². The molecule has 7 aromatic carbocycles. The second-order valence-electron chi connectivity index (χ2n) is 11.2. The van der Waals surface area contributed by atoms with Crippen molar-refractivity contribution in [3.05, 3.63) is 140 Å². The van der Waals surface area contributed by atoms with Gasteiger partial charge in [0.25, 0.3) is 0 Å². The Morgan fingerprint density at radius 1 is 0.357 bits per heavy atom. The van der Waals surface area contributed by atoms with Crippen molar-refractivity contribution in [2.45, 2.75) is 0 Å². The first kappa shape index (κ1) is 22.5. The van der Waals surface area contributed by atoms with Gasteiger partial charge in [-0.15, -0.1) is 11.3 Å². The van der Waals surface area contributed by atoms with E-state index < -0.39 is 0 Å². The van der Waals surface area contributed by atoms with Crippen molar-refractivity contribution in [3.63, 3.8) is 0 Å². The van der Waals surface area contributed by atoms with E-state index in [2.05, 4.69) is 144 Å². The molecule has 2 aromatic heterocycles. The third kappa shape index (κ3) is 2.82. The fraction of sp³-hybridized carbons (Fsp3) is 0. The number of fused-ring (bicyclic) bond motifs is 10. The highest BCUT2D eigenvalue weighted by molar-refractivity contribution is 7.26. The molecule has 0 saturated carbocycles. The Kier molecular flexibility index (Phi) is 4.39. The van der Waals surface area contributed by atoms with Crippen molar-refractivity contribution in [2.24, 2.45) is 0 Å². The molecule has 9 aromatic rings. The average molecular weight is 550 g/mol. The lowest BCUT2D eigenvalue weighted by atomic mass is 9.93. The zero-order valence-corrected chi connectivity index (χ0v) is 23.5. The van der Waals surface area contributed by atoms with Gasteiger partial charge in [-0.3, -0.25) is 0 Å². The lowest BCUT2D eigenvalue weighted by molar-refractivity contribution is 1.18. The first-order valence-corrected chi connectivity index (χ1v) is 15.3. The van der Waals surface area contributed by atoms with Crippen LogP contribution in [0.2, 0.25) is 0 Å². The van der Waals surface area contributed by atoms with E-state index in [1.54, 1.807) is 0 Å². The Hall–Kier alpha value is -5.18. The van der Waals surface area contributed by atoms with Gasteiger partial charge in [-0.05, 0) is 62.9 Å². The standard InChI is InChI=1S/C40H23NS/c1-2-11-25-24(10-1)29-15-9-16-30-26(20-21-31(25)38(29)30)27-12-3-6-17-34(27)41-35-18-7-4-14-33(35)39-36(41)23-22-32-28-13-5-8-19-37(28)42-40(32)39/h1-23H. The molecule has 42 heavy (non-hydrogen) atoms. The molecule has 10 rings (SSSR count). The van der Waals surface area contributed by atoms with E-state index in [-0.39, 0.29) is 0 Å². The van der Waals surface area contributed by atoms with Gasteiger partial charge in [0, 0.05) is 36.5 Å². The van der Waals surface area contributed by atoms with Crippen molar-refractivity contribution in [3.8, 4) is 39.1 Å². The van der Waals surface area contributed by atoms with Crippen LogP contribution in [0.1, 0.15) is 0 Å². The zero-order valence-electron chi connectivity index (χ0n) is 22.6. The molecule has 0 amide bonds. The summed E-state index contributed by atoms with van der Waals surface area (Å²) in [5.74, 6) is 0. The maximum atomic E-state index is 2.49. The molecule has 0 fully saturated rings. The SMILES string of the molecule is c1ccc2c(c1)-c1cccc3c(-c4ccccc4-n4c5ccccc5c5c6sc7ccccc7c6ccc54)ccc-2c13. The normalized spacial score (nSPS) is 12.3. The van der Waals surface area contributed by atoms with Gasteiger partial charge in [-0.2, -0.15) is 0 Å². The van der Waals surface area contributed by atoms with Gasteiger partial charge in [0.1, 0.15) is 0 Å². The highest BCUT2D eigenvalue weighted by Gasteiger charge is 2.24. The Balaban J connectivity index is 1.30. The minimum absolute atomic E-state index is 1.21. The number of aromatic nitrogens is 1. The quantitative estimate of drug-likeness (QED) is 0.202. The summed E-state index contributed by atoms with van der Waals surface area (Å²) in [5.41, 5.74) is 11.5. The van der Waals surface area contributed by atoms with Gasteiger partial charge in [0.15, 0.2) is 0 Å². The highest BCUT2D eigenvalue weighted by Crippen LogP contribution is 2.50. The van der Waals surface area contributed by atoms with E-state index in [0.717, 1.165) is 0 Å². The average Bonchev–Trinajstić information content (AvgIpc) is 3.70. The molecule has 0 unspecified atom stereocenters. The Morgan fingerprint density at radius 2 is 1.00 bits per heavy atom. The van der Waals surface area contributed by atoms with Gasteiger partial charge in [-0.25, -0.2) is 0 Å². The van der Waals surface area contributed by atoms with Gasteiger partial charge < -0.3 is 4.57 Å². The van der Waals surface area contributed by atoms with Crippen molar-refractivity contribution >= 4 is 64.1 Å². The topological polar surface area (TPSA) is 4.93 Å². The second kappa shape index (κ2) is 8.19. The number of hydrogen-bond donors (Lipinski definition) is 0. The van der Waals surface area contributed by atoms with Crippen molar-refractivity contribution in [2.75, 3.05) is 0 Å². The zero-order chi connectivity index (χ0) is 27.4. The van der Waals surface area contributed by atoms with Crippen LogP contribution in [0.25, 0.3) is 91.8 Å². The monoisotopic (exact) mass is 549 g/mol. The number of benzene rings is 7. The molecule has 0 spiro atoms.